The van der Waals surface area contributed by atoms with Gasteiger partial charge in [0.1, 0.15) is 0 Å². The summed E-state index contributed by atoms with van der Waals surface area (Å²) in [6.45, 7) is 0.672. The molecule has 0 bridgehead atoms. The van der Waals surface area contributed by atoms with Gasteiger partial charge in [-0.05, 0) is 143 Å². The lowest BCUT2D eigenvalue weighted by atomic mass is 9.83. The van der Waals surface area contributed by atoms with Crippen molar-refractivity contribution in [2.24, 2.45) is 4.99 Å². The van der Waals surface area contributed by atoms with Gasteiger partial charge in [-0.1, -0.05) is 152 Å². The molecule has 0 saturated heterocycles. The molecular weight excluding hydrogens is 689 g/mol. The summed E-state index contributed by atoms with van der Waals surface area (Å²) in [5.74, 6) is 0. The third-order valence-electron chi connectivity index (χ3n) is 11.0. The van der Waals surface area contributed by atoms with Crippen LogP contribution in [0, 0.1) is 0 Å². The fourth-order valence-corrected chi connectivity index (χ4v) is 8.29. The maximum Gasteiger partial charge on any atom is 0.0702 e. The molecule has 268 valence electrons. The van der Waals surface area contributed by atoms with Crippen molar-refractivity contribution < 1.29 is 0 Å². The molecule has 1 aliphatic heterocycles. The number of benzene rings is 8. The molecule has 2 nitrogen and oxygen atoms in total. The number of fused-ring (bicyclic) bond motifs is 2. The molecule has 0 fully saturated rings. The Morgan fingerprint density at radius 2 is 0.877 bits per heavy atom. The zero-order chi connectivity index (χ0) is 38.0. The molecule has 1 aliphatic rings. The lowest BCUT2D eigenvalue weighted by molar-refractivity contribution is 1.27. The number of nitrogens with zero attached hydrogens (tertiary/aromatic N) is 2. The van der Waals surface area contributed by atoms with E-state index in [9.17, 15) is 0 Å². The standard InChI is InChI=1S/C55H38N2/c1-3-14-38(15-4-1)46-34-47(39-16-5-2-6-17-39)36-48(35-46)42-26-27-51-52(37-42)55(45-21-12-19-43(33-45)53-25-9-10-30-57-53)50-24-8-7-23-49(50)54(51)44-20-11-18-41(32-44)40-22-13-29-56-31-28-40/h1-30,32-37H,31H2. The first kappa shape index (κ1) is 34.1. The summed E-state index contributed by atoms with van der Waals surface area (Å²) in [5, 5.41) is 4.85. The predicted molar refractivity (Wildman–Crippen MR) is 242 cm³/mol. The van der Waals surface area contributed by atoms with Gasteiger partial charge in [-0.25, -0.2) is 0 Å². The number of pyridine rings is 1. The molecule has 1 aromatic heterocycles. The molecule has 10 rings (SSSR count). The van der Waals surface area contributed by atoms with E-state index in [0.717, 1.165) is 16.8 Å². The zero-order valence-electron chi connectivity index (χ0n) is 31.4. The number of hydrogen-bond donors (Lipinski definition) is 0. The van der Waals surface area contributed by atoms with Crippen LogP contribution in [0.25, 0.3) is 94.0 Å². The van der Waals surface area contributed by atoms with Crippen molar-refractivity contribution >= 4 is 33.3 Å². The number of rotatable bonds is 7. The Morgan fingerprint density at radius 3 is 1.54 bits per heavy atom. The van der Waals surface area contributed by atoms with E-state index in [2.05, 4.69) is 199 Å². The molecule has 0 radical (unpaired) electrons. The molecule has 0 atom stereocenters. The Balaban J connectivity index is 1.25. The van der Waals surface area contributed by atoms with Crippen molar-refractivity contribution in [3.05, 3.63) is 218 Å². The van der Waals surface area contributed by atoms with Crippen LogP contribution in [-0.2, 0) is 0 Å². The van der Waals surface area contributed by atoms with E-state index in [-0.39, 0.29) is 0 Å². The van der Waals surface area contributed by atoms with Crippen LogP contribution in [0.2, 0.25) is 0 Å². The van der Waals surface area contributed by atoms with E-state index in [1.54, 1.807) is 0 Å². The number of hydrogen-bond acceptors (Lipinski definition) is 2. The van der Waals surface area contributed by atoms with Gasteiger partial charge in [-0.3, -0.25) is 9.98 Å². The first-order chi connectivity index (χ1) is 28.3. The van der Waals surface area contributed by atoms with Crippen molar-refractivity contribution in [2.45, 2.75) is 0 Å². The zero-order valence-corrected chi connectivity index (χ0v) is 31.4. The van der Waals surface area contributed by atoms with Gasteiger partial charge in [-0.2, -0.15) is 0 Å². The van der Waals surface area contributed by atoms with Crippen LogP contribution >= 0.6 is 0 Å². The average molecular weight is 727 g/mol. The van der Waals surface area contributed by atoms with Gasteiger partial charge in [0.15, 0.2) is 0 Å². The van der Waals surface area contributed by atoms with Gasteiger partial charge < -0.3 is 0 Å². The summed E-state index contributed by atoms with van der Waals surface area (Å²) in [6.07, 6.45) is 10.1. The largest absolute Gasteiger partial charge is 0.289 e. The molecule has 8 aromatic carbocycles. The highest BCUT2D eigenvalue weighted by molar-refractivity contribution is 6.22. The van der Waals surface area contributed by atoms with E-state index >= 15 is 0 Å². The fraction of sp³-hybridized carbons (Fsp3) is 0.0182. The number of allylic oxidation sites excluding steroid dienone is 3. The summed E-state index contributed by atoms with van der Waals surface area (Å²) in [6, 6.07) is 68.3. The van der Waals surface area contributed by atoms with Crippen LogP contribution in [0.3, 0.4) is 0 Å². The Hall–Kier alpha value is -7.42. The summed E-state index contributed by atoms with van der Waals surface area (Å²) in [4.78, 5) is 9.18. The highest BCUT2D eigenvalue weighted by atomic mass is 14.7. The van der Waals surface area contributed by atoms with Crippen LogP contribution in [0.5, 0.6) is 0 Å². The van der Waals surface area contributed by atoms with Crippen molar-refractivity contribution in [3.8, 4) is 66.9 Å². The number of aromatic nitrogens is 1. The van der Waals surface area contributed by atoms with Crippen molar-refractivity contribution in [3.63, 3.8) is 0 Å². The molecule has 0 saturated carbocycles. The monoisotopic (exact) mass is 726 g/mol. The molecule has 0 N–H and O–H groups in total. The normalized spacial score (nSPS) is 12.5. The predicted octanol–water partition coefficient (Wildman–Crippen LogP) is 14.4. The summed E-state index contributed by atoms with van der Waals surface area (Å²) < 4.78 is 0. The fourth-order valence-electron chi connectivity index (χ4n) is 8.29. The van der Waals surface area contributed by atoms with Crippen molar-refractivity contribution in [1.29, 1.82) is 0 Å². The van der Waals surface area contributed by atoms with E-state index in [0.29, 0.717) is 6.54 Å². The summed E-state index contributed by atoms with van der Waals surface area (Å²) in [5.41, 5.74) is 16.3. The minimum absolute atomic E-state index is 0.672. The van der Waals surface area contributed by atoms with Crippen LogP contribution in [-0.4, -0.2) is 17.7 Å². The third kappa shape index (κ3) is 6.68. The number of aliphatic imine (C=N–C) groups is 1. The second kappa shape index (κ2) is 15.0. The Morgan fingerprint density at radius 1 is 0.351 bits per heavy atom. The minimum atomic E-state index is 0.672. The second-order valence-corrected chi connectivity index (χ2v) is 14.5. The molecule has 0 unspecified atom stereocenters. The van der Waals surface area contributed by atoms with Gasteiger partial charge in [0.05, 0.1) is 12.2 Å². The van der Waals surface area contributed by atoms with Gasteiger partial charge in [0.2, 0.25) is 0 Å². The van der Waals surface area contributed by atoms with E-state index < -0.39 is 0 Å². The highest BCUT2D eigenvalue weighted by Gasteiger charge is 2.19. The molecule has 57 heavy (non-hydrogen) atoms. The first-order valence-electron chi connectivity index (χ1n) is 19.5. The summed E-state index contributed by atoms with van der Waals surface area (Å²) in [7, 11) is 0. The Labute approximate surface area is 333 Å². The summed E-state index contributed by atoms with van der Waals surface area (Å²) >= 11 is 0. The van der Waals surface area contributed by atoms with E-state index in [4.69, 9.17) is 4.98 Å². The van der Waals surface area contributed by atoms with Crippen molar-refractivity contribution in [1.82, 2.24) is 4.98 Å². The van der Waals surface area contributed by atoms with Crippen molar-refractivity contribution in [2.75, 3.05) is 6.54 Å². The minimum Gasteiger partial charge on any atom is -0.289 e. The molecule has 9 aromatic rings. The van der Waals surface area contributed by atoms with Crippen LogP contribution in [0.4, 0.5) is 0 Å². The Kier molecular flexibility index (Phi) is 8.98. The van der Waals surface area contributed by atoms with Gasteiger partial charge in [0.25, 0.3) is 0 Å². The SMILES string of the molecule is C1=CC(c2cccc(-c3c4ccccc4c(-c4cccc(-c5ccccn5)c4)c4cc(-c5cc(-c6ccccc6)cc(-c6ccccc6)c5)ccc34)c2)=CCN=C1. The smallest absolute Gasteiger partial charge is 0.0702 e. The quantitative estimate of drug-likeness (QED) is 0.150. The molecule has 0 spiro atoms. The lowest BCUT2D eigenvalue weighted by Gasteiger charge is -2.20. The maximum atomic E-state index is 4.72. The van der Waals surface area contributed by atoms with E-state index in [1.165, 1.54) is 82.8 Å². The topological polar surface area (TPSA) is 25.2 Å². The second-order valence-electron chi connectivity index (χ2n) is 14.5. The lowest BCUT2D eigenvalue weighted by Crippen LogP contribution is -1.93. The third-order valence-corrected chi connectivity index (χ3v) is 11.0. The van der Waals surface area contributed by atoms with Gasteiger partial charge in [0, 0.05) is 18.0 Å². The highest BCUT2D eigenvalue weighted by Crippen LogP contribution is 2.46. The molecule has 2 heteroatoms. The molecular formula is C55H38N2. The van der Waals surface area contributed by atoms with Crippen LogP contribution in [0.1, 0.15) is 5.56 Å². The van der Waals surface area contributed by atoms with Crippen LogP contribution in [0.15, 0.2) is 217 Å². The molecule has 0 aliphatic carbocycles. The van der Waals surface area contributed by atoms with Gasteiger partial charge in [-0.15, -0.1) is 0 Å². The molecule has 2 heterocycles. The van der Waals surface area contributed by atoms with Gasteiger partial charge >= 0.3 is 0 Å². The molecule has 0 amide bonds. The Bertz CT molecular complexity index is 2950. The average Bonchev–Trinajstić information content (AvgIpc) is 3.59. The first-order valence-corrected chi connectivity index (χ1v) is 19.5. The maximum absolute atomic E-state index is 4.72. The van der Waals surface area contributed by atoms with Crippen LogP contribution < -0.4 is 0 Å². The van der Waals surface area contributed by atoms with E-state index in [1.807, 2.05) is 24.6 Å².